The molecule has 24 heavy (non-hydrogen) atoms. The number of allylic oxidation sites excluding steroid dienone is 4. The Kier molecular flexibility index (Phi) is 4.93. The Morgan fingerprint density at radius 1 is 1.25 bits per heavy atom. The number of non-ortho nitro benzene ring substituents is 1. The molecule has 0 radical (unpaired) electrons. The maximum atomic E-state index is 11.1. The number of benzene rings is 1. The molecule has 0 aromatic heterocycles. The minimum absolute atomic E-state index is 0.0614. The van der Waals surface area contributed by atoms with Gasteiger partial charge in [-0.15, -0.1) is 0 Å². The van der Waals surface area contributed by atoms with Gasteiger partial charge in [0, 0.05) is 6.07 Å². The first-order valence-corrected chi connectivity index (χ1v) is 7.07. The van der Waals surface area contributed by atoms with Crippen LogP contribution in [-0.4, -0.2) is 15.6 Å². The van der Waals surface area contributed by atoms with Crippen LogP contribution >= 0.6 is 0 Å². The van der Waals surface area contributed by atoms with Crippen molar-refractivity contribution >= 4 is 22.8 Å². The first kappa shape index (κ1) is 17.1. The summed E-state index contributed by atoms with van der Waals surface area (Å²) in [6.07, 6.45) is 2.69. The van der Waals surface area contributed by atoms with Crippen molar-refractivity contribution in [3.63, 3.8) is 0 Å². The van der Waals surface area contributed by atoms with E-state index in [-0.39, 0.29) is 11.4 Å². The first-order valence-electron chi connectivity index (χ1n) is 7.07. The van der Waals surface area contributed by atoms with Crippen LogP contribution in [0.4, 0.5) is 17.1 Å². The van der Waals surface area contributed by atoms with E-state index in [0.29, 0.717) is 11.5 Å². The summed E-state index contributed by atoms with van der Waals surface area (Å²) >= 11 is 0. The van der Waals surface area contributed by atoms with Crippen molar-refractivity contribution < 1.29 is 14.6 Å². The van der Waals surface area contributed by atoms with Gasteiger partial charge in [-0.3, -0.25) is 25.7 Å². The van der Waals surface area contributed by atoms with Crippen LogP contribution < -0.4 is 5.43 Å². The minimum atomic E-state index is -0.700. The van der Waals surface area contributed by atoms with Crippen molar-refractivity contribution in [2.24, 2.45) is 5.10 Å². The predicted molar refractivity (Wildman–Crippen MR) is 88.6 cm³/mol. The summed E-state index contributed by atoms with van der Waals surface area (Å²) in [5.41, 5.74) is 3.37. The van der Waals surface area contributed by atoms with Crippen LogP contribution in [0.1, 0.15) is 27.2 Å². The summed E-state index contributed by atoms with van der Waals surface area (Å²) < 4.78 is 5.62. The van der Waals surface area contributed by atoms with Crippen LogP contribution in [-0.2, 0) is 4.74 Å². The van der Waals surface area contributed by atoms with Crippen LogP contribution in [0, 0.1) is 20.2 Å². The molecule has 0 saturated heterocycles. The zero-order valence-electron chi connectivity index (χ0n) is 13.4. The van der Waals surface area contributed by atoms with E-state index in [1.807, 2.05) is 19.9 Å². The van der Waals surface area contributed by atoms with Crippen LogP contribution in [0.25, 0.3) is 0 Å². The Morgan fingerprint density at radius 3 is 2.58 bits per heavy atom. The Labute approximate surface area is 137 Å². The van der Waals surface area contributed by atoms with Crippen molar-refractivity contribution in [2.45, 2.75) is 27.2 Å². The van der Waals surface area contributed by atoms with Gasteiger partial charge in [-0.1, -0.05) is 0 Å². The van der Waals surface area contributed by atoms with Crippen molar-refractivity contribution in [3.8, 4) is 0 Å². The van der Waals surface area contributed by atoms with E-state index >= 15 is 0 Å². The van der Waals surface area contributed by atoms with E-state index < -0.39 is 15.5 Å². The number of nitro benzene ring substituents is 2. The Morgan fingerprint density at radius 2 is 1.96 bits per heavy atom. The van der Waals surface area contributed by atoms with Crippen LogP contribution in [0.2, 0.25) is 0 Å². The summed E-state index contributed by atoms with van der Waals surface area (Å²) in [5, 5.41) is 25.9. The molecule has 0 unspecified atom stereocenters. The Hall–Kier alpha value is -3.23. The van der Waals surface area contributed by atoms with Crippen LogP contribution in [0.5, 0.6) is 0 Å². The highest BCUT2D eigenvalue weighted by Crippen LogP contribution is 2.29. The maximum Gasteiger partial charge on any atom is 0.301 e. The average molecular weight is 332 g/mol. The molecule has 1 aromatic carbocycles. The fraction of sp³-hybridized carbons (Fsp3) is 0.267. The van der Waals surface area contributed by atoms with Gasteiger partial charge in [-0.05, 0) is 44.9 Å². The zero-order valence-corrected chi connectivity index (χ0v) is 13.4. The molecular formula is C15H16N4O5. The molecule has 0 atom stereocenters. The van der Waals surface area contributed by atoms with E-state index in [1.165, 1.54) is 12.1 Å². The van der Waals surface area contributed by atoms with Crippen LogP contribution in [0.3, 0.4) is 0 Å². The highest BCUT2D eigenvalue weighted by Gasteiger charge is 2.20. The van der Waals surface area contributed by atoms with E-state index in [9.17, 15) is 20.2 Å². The molecule has 0 spiro atoms. The highest BCUT2D eigenvalue weighted by molar-refractivity contribution is 5.98. The molecule has 1 aromatic rings. The van der Waals surface area contributed by atoms with Crippen LogP contribution in [0.15, 0.2) is 46.5 Å². The van der Waals surface area contributed by atoms with E-state index in [1.54, 1.807) is 6.92 Å². The van der Waals surface area contributed by atoms with Crippen molar-refractivity contribution in [1.29, 1.82) is 0 Å². The summed E-state index contributed by atoms with van der Waals surface area (Å²) in [6, 6.07) is 3.32. The number of nitrogens with one attached hydrogen (secondary N) is 1. The van der Waals surface area contributed by atoms with Gasteiger partial charge < -0.3 is 4.74 Å². The molecule has 9 heteroatoms. The monoisotopic (exact) mass is 332 g/mol. The average Bonchev–Trinajstić information content (AvgIpc) is 2.54. The smallest absolute Gasteiger partial charge is 0.301 e. The molecule has 1 aliphatic rings. The summed E-state index contributed by atoms with van der Waals surface area (Å²) in [6.45, 7) is 5.45. The highest BCUT2D eigenvalue weighted by atomic mass is 16.6. The third-order valence-corrected chi connectivity index (χ3v) is 3.41. The van der Waals surface area contributed by atoms with Gasteiger partial charge in [0.2, 0.25) is 0 Å². The minimum Gasteiger partial charge on any atom is -0.460 e. The normalized spacial score (nSPS) is 14.8. The largest absolute Gasteiger partial charge is 0.460 e. The molecule has 2 rings (SSSR count). The second kappa shape index (κ2) is 6.90. The topological polar surface area (TPSA) is 120 Å². The number of nitro groups is 2. The van der Waals surface area contributed by atoms with Gasteiger partial charge in [0.1, 0.15) is 17.2 Å². The second-order valence-corrected chi connectivity index (χ2v) is 5.26. The quantitative estimate of drug-likeness (QED) is 0.496. The van der Waals surface area contributed by atoms with Gasteiger partial charge >= 0.3 is 5.69 Å². The summed E-state index contributed by atoms with van der Waals surface area (Å²) in [7, 11) is 0. The standard InChI is InChI=1S/C15H16N4O5/c1-9-4-5-10(2)24-15(9)11(3)16-17-13-7-6-12(18(20)21)8-14(13)19(22)23/h5-8,17H,4H2,1-3H3/b16-11-. The maximum absolute atomic E-state index is 11.1. The predicted octanol–water partition coefficient (Wildman–Crippen LogP) is 3.89. The Bertz CT molecular complexity index is 795. The second-order valence-electron chi connectivity index (χ2n) is 5.26. The number of hydrogen-bond acceptors (Lipinski definition) is 7. The van der Waals surface area contributed by atoms with Crippen molar-refractivity contribution in [3.05, 3.63) is 61.6 Å². The van der Waals surface area contributed by atoms with Crippen molar-refractivity contribution in [1.82, 2.24) is 0 Å². The lowest BCUT2D eigenvalue weighted by Gasteiger charge is -2.17. The number of hydrogen-bond donors (Lipinski definition) is 1. The molecule has 0 aliphatic carbocycles. The van der Waals surface area contributed by atoms with Gasteiger partial charge in [0.15, 0.2) is 0 Å². The van der Waals surface area contributed by atoms with E-state index in [4.69, 9.17) is 4.74 Å². The molecule has 1 aliphatic heterocycles. The molecule has 9 nitrogen and oxygen atoms in total. The number of ether oxygens (including phenoxy) is 1. The molecule has 0 bridgehead atoms. The van der Waals surface area contributed by atoms with Gasteiger partial charge in [0.05, 0.1) is 21.7 Å². The van der Waals surface area contributed by atoms with Gasteiger partial charge in [-0.25, -0.2) is 0 Å². The van der Waals surface area contributed by atoms with Gasteiger partial charge in [0.25, 0.3) is 5.69 Å². The number of anilines is 1. The number of nitrogens with zero attached hydrogens (tertiary/aromatic N) is 3. The molecule has 0 fully saturated rings. The summed E-state index contributed by atoms with van der Waals surface area (Å²) in [4.78, 5) is 20.4. The third kappa shape index (κ3) is 3.75. The molecular weight excluding hydrogens is 316 g/mol. The number of rotatable bonds is 5. The summed E-state index contributed by atoms with van der Waals surface area (Å²) in [5.74, 6) is 1.36. The van der Waals surface area contributed by atoms with E-state index in [0.717, 1.165) is 23.8 Å². The lowest BCUT2D eigenvalue weighted by Crippen LogP contribution is -2.10. The lowest BCUT2D eigenvalue weighted by atomic mass is 10.1. The molecule has 126 valence electrons. The van der Waals surface area contributed by atoms with Gasteiger partial charge in [-0.2, -0.15) is 5.10 Å². The SMILES string of the molecule is CC1=CCC(C)=C(/C(C)=N\Nc2ccc([N+](=O)[O-])cc2[N+](=O)[O-])O1. The van der Waals surface area contributed by atoms with E-state index in [2.05, 4.69) is 10.5 Å². The lowest BCUT2D eigenvalue weighted by molar-refractivity contribution is -0.393. The molecule has 1 heterocycles. The zero-order chi connectivity index (χ0) is 17.9. The Balaban J connectivity index is 2.28. The van der Waals surface area contributed by atoms with Crippen molar-refractivity contribution in [2.75, 3.05) is 5.43 Å². The fourth-order valence-electron chi connectivity index (χ4n) is 2.14. The molecule has 0 amide bonds. The molecule has 1 N–H and O–H groups in total. The molecule has 0 saturated carbocycles. The fourth-order valence-corrected chi connectivity index (χ4v) is 2.14. The third-order valence-electron chi connectivity index (χ3n) is 3.41. The number of hydrazone groups is 1. The first-order chi connectivity index (χ1) is 11.3.